The van der Waals surface area contributed by atoms with E-state index in [1.807, 2.05) is 20.8 Å². The van der Waals surface area contributed by atoms with Crippen LogP contribution in [-0.2, 0) is 14.3 Å². The lowest BCUT2D eigenvalue weighted by Crippen LogP contribution is -2.48. The highest BCUT2D eigenvalue weighted by atomic mass is 16.6. The molecule has 4 rings (SSSR count). The summed E-state index contributed by atoms with van der Waals surface area (Å²) in [7, 11) is 0. The van der Waals surface area contributed by atoms with Crippen LogP contribution in [0.15, 0.2) is 0 Å². The summed E-state index contributed by atoms with van der Waals surface area (Å²) in [6.45, 7) is 5.59. The first-order chi connectivity index (χ1) is 11.7. The molecule has 0 radical (unpaired) electrons. The Balaban J connectivity index is 0.000000170. The van der Waals surface area contributed by atoms with E-state index in [4.69, 9.17) is 4.74 Å². The molecular weight excluding hydrogens is 320 g/mol. The number of nitrogens with one attached hydrogen (secondary N) is 1. The van der Waals surface area contributed by atoms with Gasteiger partial charge in [0.2, 0.25) is 0 Å². The van der Waals surface area contributed by atoms with E-state index < -0.39 is 5.60 Å². The lowest BCUT2D eigenvalue weighted by Gasteiger charge is -2.35. The number of carbonyl (C=O) groups is 3. The molecule has 4 atom stereocenters. The van der Waals surface area contributed by atoms with Gasteiger partial charge in [0.05, 0.1) is 0 Å². The summed E-state index contributed by atoms with van der Waals surface area (Å²) < 4.78 is 5.37. The molecule has 140 valence electrons. The van der Waals surface area contributed by atoms with E-state index in [0.717, 1.165) is 25.7 Å². The van der Waals surface area contributed by atoms with Crippen LogP contribution in [0, 0.1) is 0 Å². The number of nitrogens with zero attached hydrogens (tertiary/aromatic N) is 1. The molecule has 0 spiro atoms. The number of carbonyl (C=O) groups excluding carboxylic acids is 3. The van der Waals surface area contributed by atoms with E-state index >= 15 is 0 Å². The molecule has 4 bridgehead atoms. The maximum absolute atomic E-state index is 12.0. The summed E-state index contributed by atoms with van der Waals surface area (Å²) in [6, 6.07) is 1.25. The maximum Gasteiger partial charge on any atom is 0.410 e. The zero-order chi connectivity index (χ0) is 18.2. The maximum atomic E-state index is 12.0. The average Bonchev–Trinajstić information content (AvgIpc) is 2.95. The molecule has 0 aromatic rings. The van der Waals surface area contributed by atoms with Gasteiger partial charge in [-0.1, -0.05) is 0 Å². The monoisotopic (exact) mass is 350 g/mol. The summed E-state index contributed by atoms with van der Waals surface area (Å²) >= 11 is 0. The highest BCUT2D eigenvalue weighted by molar-refractivity contribution is 5.83. The molecular formula is C19H30N2O4. The molecule has 4 aliphatic heterocycles. The molecule has 6 heteroatoms. The standard InChI is InChI=1S/C12H19NO3.C7H11NO/c1-12(2,3)16-11(15)13-8-4-5-9(13)7-10(14)6-8;9-7-3-5-1-2-6(4-7)8-5/h8-9H,4-7H2,1-3H3;5-6,8H,1-4H2. The van der Waals surface area contributed by atoms with Crippen LogP contribution in [0.3, 0.4) is 0 Å². The fourth-order valence-electron chi connectivity index (χ4n) is 4.44. The number of hydrogen-bond donors (Lipinski definition) is 1. The number of ether oxygens (including phenoxy) is 1. The Labute approximate surface area is 149 Å². The Morgan fingerprint density at radius 3 is 1.88 bits per heavy atom. The van der Waals surface area contributed by atoms with Gasteiger partial charge in [0, 0.05) is 49.9 Å². The quantitative estimate of drug-likeness (QED) is 0.727. The predicted octanol–water partition coefficient (Wildman–Crippen LogP) is 2.59. The van der Waals surface area contributed by atoms with Crippen molar-refractivity contribution < 1.29 is 19.1 Å². The van der Waals surface area contributed by atoms with Crippen molar-refractivity contribution in [3.8, 4) is 0 Å². The molecule has 1 amide bonds. The summed E-state index contributed by atoms with van der Waals surface area (Å²) in [5.41, 5.74) is -0.460. The molecule has 0 aromatic carbocycles. The Kier molecular flexibility index (Phi) is 5.19. The van der Waals surface area contributed by atoms with Gasteiger partial charge in [-0.2, -0.15) is 0 Å². The van der Waals surface area contributed by atoms with Crippen molar-refractivity contribution in [1.82, 2.24) is 10.2 Å². The largest absolute Gasteiger partial charge is 0.444 e. The SMILES string of the molecule is CC(C)(C)OC(=O)N1C2CCC1CC(=O)C2.O=C1CC2CCC(C1)N2. The molecule has 25 heavy (non-hydrogen) atoms. The second-order valence-corrected chi connectivity index (χ2v) is 8.80. The highest BCUT2D eigenvalue weighted by Gasteiger charge is 2.44. The number of piperidine rings is 2. The van der Waals surface area contributed by atoms with Crippen molar-refractivity contribution in [2.45, 2.75) is 102 Å². The number of ketones is 2. The Hall–Kier alpha value is -1.43. The lowest BCUT2D eigenvalue weighted by atomic mass is 10.0. The number of rotatable bonds is 0. The third kappa shape index (κ3) is 4.60. The van der Waals surface area contributed by atoms with Crippen LogP contribution in [0.25, 0.3) is 0 Å². The first-order valence-corrected chi connectivity index (χ1v) is 9.52. The predicted molar refractivity (Wildman–Crippen MR) is 93.3 cm³/mol. The number of amides is 1. The second kappa shape index (κ2) is 7.06. The van der Waals surface area contributed by atoms with Gasteiger partial charge >= 0.3 is 6.09 Å². The van der Waals surface area contributed by atoms with Crippen molar-refractivity contribution in [1.29, 1.82) is 0 Å². The van der Waals surface area contributed by atoms with Crippen LogP contribution in [-0.4, -0.2) is 52.3 Å². The summed E-state index contributed by atoms with van der Waals surface area (Å²) in [5.74, 6) is 0.744. The van der Waals surface area contributed by atoms with Crippen LogP contribution in [0.1, 0.15) is 72.1 Å². The molecule has 0 aliphatic carbocycles. The summed E-state index contributed by atoms with van der Waals surface area (Å²) in [4.78, 5) is 36.0. The fourth-order valence-corrected chi connectivity index (χ4v) is 4.44. The second-order valence-electron chi connectivity index (χ2n) is 8.80. The summed E-state index contributed by atoms with van der Waals surface area (Å²) in [6.07, 6.45) is 6.66. The van der Waals surface area contributed by atoms with Crippen LogP contribution < -0.4 is 5.32 Å². The summed E-state index contributed by atoms with van der Waals surface area (Å²) in [5, 5.41) is 3.40. The van der Waals surface area contributed by atoms with Crippen LogP contribution in [0.2, 0.25) is 0 Å². The molecule has 1 N–H and O–H groups in total. The van der Waals surface area contributed by atoms with Gasteiger partial charge in [-0.05, 0) is 46.5 Å². The first kappa shape index (κ1) is 18.4. The molecule has 4 saturated heterocycles. The average molecular weight is 350 g/mol. The fraction of sp³-hybridized carbons (Fsp3) is 0.842. The Morgan fingerprint density at radius 2 is 1.40 bits per heavy atom. The number of hydrogen-bond acceptors (Lipinski definition) is 5. The van der Waals surface area contributed by atoms with Crippen LogP contribution in [0.4, 0.5) is 4.79 Å². The van der Waals surface area contributed by atoms with E-state index in [1.165, 1.54) is 12.8 Å². The van der Waals surface area contributed by atoms with E-state index in [2.05, 4.69) is 5.32 Å². The van der Waals surface area contributed by atoms with Crippen LogP contribution >= 0.6 is 0 Å². The van der Waals surface area contributed by atoms with E-state index in [1.54, 1.807) is 4.90 Å². The Morgan fingerprint density at radius 1 is 0.920 bits per heavy atom. The zero-order valence-corrected chi connectivity index (χ0v) is 15.5. The van der Waals surface area contributed by atoms with Gasteiger partial charge in [-0.15, -0.1) is 0 Å². The third-order valence-corrected chi connectivity index (χ3v) is 5.43. The minimum absolute atomic E-state index is 0.0844. The van der Waals surface area contributed by atoms with E-state index in [-0.39, 0.29) is 24.0 Å². The molecule has 4 heterocycles. The minimum atomic E-state index is -0.460. The van der Waals surface area contributed by atoms with E-state index in [0.29, 0.717) is 30.7 Å². The van der Waals surface area contributed by atoms with Crippen molar-refractivity contribution in [3.05, 3.63) is 0 Å². The minimum Gasteiger partial charge on any atom is -0.444 e. The van der Waals surface area contributed by atoms with Crippen LogP contribution in [0.5, 0.6) is 0 Å². The third-order valence-electron chi connectivity index (χ3n) is 5.43. The first-order valence-electron chi connectivity index (χ1n) is 9.52. The molecule has 4 aliphatic rings. The molecule has 0 saturated carbocycles. The normalized spacial score (nSPS) is 33.8. The topological polar surface area (TPSA) is 75.7 Å². The van der Waals surface area contributed by atoms with Crippen molar-refractivity contribution in [2.24, 2.45) is 0 Å². The van der Waals surface area contributed by atoms with Gasteiger partial charge in [0.25, 0.3) is 0 Å². The van der Waals surface area contributed by atoms with Gasteiger partial charge in [0.15, 0.2) is 0 Å². The highest BCUT2D eigenvalue weighted by Crippen LogP contribution is 2.35. The van der Waals surface area contributed by atoms with Gasteiger partial charge < -0.3 is 15.0 Å². The van der Waals surface area contributed by atoms with Crippen molar-refractivity contribution >= 4 is 17.7 Å². The van der Waals surface area contributed by atoms with Gasteiger partial charge in [0.1, 0.15) is 17.2 Å². The van der Waals surface area contributed by atoms with Gasteiger partial charge in [-0.3, -0.25) is 9.59 Å². The zero-order valence-electron chi connectivity index (χ0n) is 15.5. The Bertz CT molecular complexity index is 524. The molecule has 4 unspecified atom stereocenters. The number of fused-ring (bicyclic) bond motifs is 4. The van der Waals surface area contributed by atoms with Crippen molar-refractivity contribution in [3.63, 3.8) is 0 Å². The van der Waals surface area contributed by atoms with Gasteiger partial charge in [-0.25, -0.2) is 4.79 Å². The van der Waals surface area contributed by atoms with Crippen molar-refractivity contribution in [2.75, 3.05) is 0 Å². The molecule has 0 aromatic heterocycles. The molecule has 6 nitrogen and oxygen atoms in total. The smallest absolute Gasteiger partial charge is 0.410 e. The molecule has 4 fully saturated rings. The lowest BCUT2D eigenvalue weighted by molar-refractivity contribution is -0.123. The number of Topliss-reactive ketones (excluding diaryl/α,β-unsaturated/α-hetero) is 2. The van der Waals surface area contributed by atoms with E-state index in [9.17, 15) is 14.4 Å².